The molecule has 1 atom stereocenters. The van der Waals surface area contributed by atoms with Gasteiger partial charge in [0, 0.05) is 5.56 Å². The molecule has 1 aliphatic heterocycles. The van der Waals surface area contributed by atoms with E-state index < -0.39 is 5.92 Å². The highest BCUT2D eigenvalue weighted by Crippen LogP contribution is 2.31. The number of phenols is 1. The van der Waals surface area contributed by atoms with E-state index in [4.69, 9.17) is 5.73 Å². The van der Waals surface area contributed by atoms with Crippen LogP contribution in [0.15, 0.2) is 65.8 Å². The molecule has 134 valence electrons. The average molecular weight is 359 g/mol. The number of nitrogens with two attached hydrogens (primary N) is 1. The van der Waals surface area contributed by atoms with Crippen LogP contribution in [0.4, 0.5) is 11.6 Å². The molecule has 0 spiro atoms. The predicted molar refractivity (Wildman–Crippen MR) is 103 cm³/mol. The number of phenolic OH excluding ortho intramolecular Hbond substituents is 1. The summed E-state index contributed by atoms with van der Waals surface area (Å²) in [7, 11) is 0. The van der Waals surface area contributed by atoms with Gasteiger partial charge in [0.15, 0.2) is 0 Å². The standard InChI is InChI=1S/C20H17N5O2/c1-12-18(19(27)25(24-12)14-5-3-2-4-6-14)17-11-16(22-20(21)23-17)13-7-9-15(26)10-8-13/h2-11,18,26H,1H3,(H2,21,22,23). The lowest BCUT2D eigenvalue weighted by Gasteiger charge is -2.15. The van der Waals surface area contributed by atoms with Gasteiger partial charge in [0.05, 0.1) is 22.8 Å². The Hall–Kier alpha value is -3.74. The third-order valence-electron chi connectivity index (χ3n) is 4.35. The predicted octanol–water partition coefficient (Wildman–Crippen LogP) is 2.94. The number of para-hydroxylation sites is 1. The minimum atomic E-state index is -0.619. The third kappa shape index (κ3) is 3.10. The van der Waals surface area contributed by atoms with Crippen molar-refractivity contribution in [1.82, 2.24) is 9.97 Å². The number of hydrogen-bond donors (Lipinski definition) is 2. The Labute approximate surface area is 155 Å². The molecule has 0 fully saturated rings. The summed E-state index contributed by atoms with van der Waals surface area (Å²) >= 11 is 0. The fraction of sp³-hybridized carbons (Fsp3) is 0.100. The fourth-order valence-electron chi connectivity index (χ4n) is 3.07. The van der Waals surface area contributed by atoms with Gasteiger partial charge in [-0.25, -0.2) is 9.97 Å². The van der Waals surface area contributed by atoms with Crippen LogP contribution in [0, 0.1) is 0 Å². The minimum absolute atomic E-state index is 0.0781. The van der Waals surface area contributed by atoms with Gasteiger partial charge in [-0.2, -0.15) is 10.1 Å². The zero-order chi connectivity index (χ0) is 19.0. The number of benzene rings is 2. The van der Waals surface area contributed by atoms with Crippen molar-refractivity contribution in [2.75, 3.05) is 10.7 Å². The largest absolute Gasteiger partial charge is 0.508 e. The maximum absolute atomic E-state index is 13.0. The van der Waals surface area contributed by atoms with Crippen LogP contribution < -0.4 is 10.7 Å². The summed E-state index contributed by atoms with van der Waals surface area (Å²) in [5, 5.41) is 15.3. The number of hydrazone groups is 1. The van der Waals surface area contributed by atoms with Crippen LogP contribution in [-0.2, 0) is 4.79 Å². The van der Waals surface area contributed by atoms with Crippen molar-refractivity contribution in [3.63, 3.8) is 0 Å². The molecule has 3 N–H and O–H groups in total. The van der Waals surface area contributed by atoms with Crippen LogP contribution in [0.2, 0.25) is 0 Å². The van der Waals surface area contributed by atoms with Gasteiger partial charge in [-0.15, -0.1) is 0 Å². The minimum Gasteiger partial charge on any atom is -0.508 e. The molecule has 2 aromatic carbocycles. The van der Waals surface area contributed by atoms with Crippen LogP contribution >= 0.6 is 0 Å². The van der Waals surface area contributed by atoms with Gasteiger partial charge in [-0.3, -0.25) is 4.79 Å². The molecule has 0 saturated heterocycles. The quantitative estimate of drug-likeness (QED) is 0.748. The first-order chi connectivity index (χ1) is 13.0. The number of amides is 1. The molecule has 7 nitrogen and oxygen atoms in total. The second kappa shape index (κ2) is 6.53. The Bertz CT molecular complexity index is 1030. The lowest BCUT2D eigenvalue weighted by Crippen LogP contribution is -2.26. The number of aromatic hydroxyl groups is 1. The van der Waals surface area contributed by atoms with E-state index in [0.29, 0.717) is 22.8 Å². The first kappa shape index (κ1) is 16.7. The third-order valence-corrected chi connectivity index (χ3v) is 4.35. The monoisotopic (exact) mass is 359 g/mol. The van der Waals surface area contributed by atoms with Crippen LogP contribution in [0.1, 0.15) is 18.5 Å². The number of anilines is 2. The normalized spacial score (nSPS) is 16.5. The molecule has 0 saturated carbocycles. The van der Waals surface area contributed by atoms with E-state index in [2.05, 4.69) is 15.1 Å². The molecule has 3 aromatic rings. The van der Waals surface area contributed by atoms with Gasteiger partial charge < -0.3 is 10.8 Å². The van der Waals surface area contributed by atoms with Crippen LogP contribution in [0.25, 0.3) is 11.3 Å². The number of nitrogens with zero attached hydrogens (tertiary/aromatic N) is 4. The number of nitrogen functional groups attached to an aromatic ring is 1. The van der Waals surface area contributed by atoms with Crippen molar-refractivity contribution >= 4 is 23.3 Å². The van der Waals surface area contributed by atoms with Crippen molar-refractivity contribution in [2.45, 2.75) is 12.8 Å². The Kier molecular flexibility index (Phi) is 4.04. The topological polar surface area (TPSA) is 105 Å². The van der Waals surface area contributed by atoms with Gasteiger partial charge in [-0.1, -0.05) is 18.2 Å². The van der Waals surface area contributed by atoms with Gasteiger partial charge in [0.1, 0.15) is 11.7 Å². The molecule has 27 heavy (non-hydrogen) atoms. The van der Waals surface area contributed by atoms with E-state index in [1.165, 1.54) is 5.01 Å². The van der Waals surface area contributed by atoms with Crippen molar-refractivity contribution < 1.29 is 9.90 Å². The van der Waals surface area contributed by atoms with Crippen molar-refractivity contribution in [3.05, 3.63) is 66.4 Å². The van der Waals surface area contributed by atoms with Crippen LogP contribution in [-0.4, -0.2) is 26.7 Å². The lowest BCUT2D eigenvalue weighted by atomic mass is 9.98. The van der Waals surface area contributed by atoms with E-state index in [1.807, 2.05) is 30.3 Å². The van der Waals surface area contributed by atoms with E-state index in [9.17, 15) is 9.90 Å². The molecule has 0 bridgehead atoms. The van der Waals surface area contributed by atoms with Crippen LogP contribution in [0.3, 0.4) is 0 Å². The number of aromatic nitrogens is 2. The maximum atomic E-state index is 13.0. The molecule has 1 amide bonds. The summed E-state index contributed by atoms with van der Waals surface area (Å²) < 4.78 is 0. The SMILES string of the molecule is CC1=NN(c2ccccc2)C(=O)C1c1cc(-c2ccc(O)cc2)nc(N)n1. The van der Waals surface area contributed by atoms with Gasteiger partial charge in [0.2, 0.25) is 5.95 Å². The Balaban J connectivity index is 1.72. The van der Waals surface area contributed by atoms with Crippen LogP contribution in [0.5, 0.6) is 5.75 Å². The summed E-state index contributed by atoms with van der Waals surface area (Å²) in [5.41, 5.74) is 9.07. The van der Waals surface area contributed by atoms with Gasteiger partial charge >= 0.3 is 0 Å². The molecule has 0 aliphatic carbocycles. The average Bonchev–Trinajstić information content (AvgIpc) is 2.97. The van der Waals surface area contributed by atoms with Gasteiger partial charge in [-0.05, 0) is 49.4 Å². The van der Waals surface area contributed by atoms with Crippen molar-refractivity contribution in [1.29, 1.82) is 0 Å². The maximum Gasteiger partial charge on any atom is 0.262 e. The molecule has 4 rings (SSSR count). The highest BCUT2D eigenvalue weighted by Gasteiger charge is 2.37. The van der Waals surface area contributed by atoms with E-state index in [-0.39, 0.29) is 17.6 Å². The molecule has 0 radical (unpaired) electrons. The summed E-state index contributed by atoms with van der Waals surface area (Å²) in [6.45, 7) is 1.80. The fourth-order valence-corrected chi connectivity index (χ4v) is 3.07. The zero-order valence-corrected chi connectivity index (χ0v) is 14.6. The molecule has 7 heteroatoms. The van der Waals surface area contributed by atoms with E-state index in [0.717, 1.165) is 5.56 Å². The first-order valence-electron chi connectivity index (χ1n) is 8.41. The van der Waals surface area contributed by atoms with E-state index in [1.54, 1.807) is 37.3 Å². The number of carbonyl (C=O) groups is 1. The molecule has 2 heterocycles. The second-order valence-electron chi connectivity index (χ2n) is 6.24. The highest BCUT2D eigenvalue weighted by atomic mass is 16.3. The number of hydrogen-bond acceptors (Lipinski definition) is 6. The highest BCUT2D eigenvalue weighted by molar-refractivity contribution is 6.18. The second-order valence-corrected chi connectivity index (χ2v) is 6.24. The molecule has 1 unspecified atom stereocenters. The van der Waals surface area contributed by atoms with Gasteiger partial charge in [0.25, 0.3) is 5.91 Å². The van der Waals surface area contributed by atoms with Crippen molar-refractivity contribution in [2.24, 2.45) is 5.10 Å². The molecular weight excluding hydrogens is 342 g/mol. The molecule has 1 aromatic heterocycles. The summed E-state index contributed by atoms with van der Waals surface area (Å²) in [5.74, 6) is -0.567. The Morgan fingerprint density at radius 3 is 2.44 bits per heavy atom. The summed E-state index contributed by atoms with van der Waals surface area (Å²) in [6, 6.07) is 17.6. The van der Waals surface area contributed by atoms with Crippen molar-refractivity contribution in [3.8, 4) is 17.0 Å². The number of carbonyl (C=O) groups excluding carboxylic acids is 1. The zero-order valence-electron chi connectivity index (χ0n) is 14.6. The summed E-state index contributed by atoms with van der Waals surface area (Å²) in [6.07, 6.45) is 0. The first-order valence-corrected chi connectivity index (χ1v) is 8.41. The Morgan fingerprint density at radius 1 is 1.04 bits per heavy atom. The summed E-state index contributed by atoms with van der Waals surface area (Å²) in [4.78, 5) is 21.5. The van der Waals surface area contributed by atoms with E-state index >= 15 is 0 Å². The lowest BCUT2D eigenvalue weighted by molar-refractivity contribution is -0.118. The molecule has 1 aliphatic rings. The smallest absolute Gasteiger partial charge is 0.262 e. The molecular formula is C20H17N5O2. The number of rotatable bonds is 3. The Morgan fingerprint density at radius 2 is 1.74 bits per heavy atom.